The molecule has 0 fully saturated rings. The first-order valence-electron chi connectivity index (χ1n) is 7.18. The zero-order valence-corrected chi connectivity index (χ0v) is 23.0. The van der Waals surface area contributed by atoms with Gasteiger partial charge < -0.3 is 9.79 Å². The molecular formula is C13H21Br2Cl6O4P. The van der Waals surface area contributed by atoms with Crippen molar-refractivity contribution in [3.05, 3.63) is 0 Å². The maximum absolute atomic E-state index is 11.5. The molecule has 0 aromatic carbocycles. The van der Waals surface area contributed by atoms with Crippen LogP contribution < -0.4 is 0 Å². The first-order chi connectivity index (χ1) is 11.2. The molecule has 0 aromatic rings. The van der Waals surface area contributed by atoms with Crippen molar-refractivity contribution in [3.63, 3.8) is 0 Å². The van der Waals surface area contributed by atoms with Gasteiger partial charge in [-0.2, -0.15) is 0 Å². The van der Waals surface area contributed by atoms with E-state index in [9.17, 15) is 14.4 Å². The monoisotopic (exact) mass is 640 g/mol. The molecule has 158 valence electrons. The van der Waals surface area contributed by atoms with E-state index in [1.165, 1.54) is 0 Å². The summed E-state index contributed by atoms with van der Waals surface area (Å²) in [6.45, 7) is 6.73. The Hall–Kier alpha value is 2.81. The predicted octanol–water partition coefficient (Wildman–Crippen LogP) is 7.22. The molecule has 0 amide bonds. The molecule has 0 aliphatic rings. The molecule has 1 atom stereocenters. The molecule has 4 nitrogen and oxygen atoms in total. The van der Waals surface area contributed by atoms with Crippen molar-refractivity contribution in [1.82, 2.24) is 0 Å². The number of halogens is 8. The summed E-state index contributed by atoms with van der Waals surface area (Å²) in [4.78, 5) is 18.6. The molecule has 0 aliphatic heterocycles. The smallest absolute Gasteiger partial charge is 0.303 e. The van der Waals surface area contributed by atoms with Crippen molar-refractivity contribution >= 4 is 109 Å². The summed E-state index contributed by atoms with van der Waals surface area (Å²) in [6, 6.07) is 0. The van der Waals surface area contributed by atoms with Crippen LogP contribution in [0.5, 0.6) is 0 Å². The number of alkyl halides is 8. The fourth-order valence-corrected chi connectivity index (χ4v) is 5.56. The Labute approximate surface area is 201 Å². The Morgan fingerprint density at radius 3 is 1.65 bits per heavy atom. The molecule has 0 radical (unpaired) electrons. The summed E-state index contributed by atoms with van der Waals surface area (Å²) < 4.78 is 11.7. The molecule has 26 heavy (non-hydrogen) atoms. The van der Waals surface area contributed by atoms with Crippen molar-refractivity contribution < 1.29 is 18.9 Å². The maximum Gasteiger partial charge on any atom is 0.469 e. The van der Waals surface area contributed by atoms with Crippen molar-refractivity contribution in [2.75, 3.05) is 11.8 Å². The zero-order valence-electron chi connectivity index (χ0n) is 14.4. The van der Waals surface area contributed by atoms with E-state index in [-0.39, 0.29) is 18.2 Å². The van der Waals surface area contributed by atoms with E-state index in [2.05, 4.69) is 31.9 Å². The van der Waals surface area contributed by atoms with E-state index in [0.29, 0.717) is 0 Å². The highest BCUT2D eigenvalue weighted by Crippen LogP contribution is 2.61. The molecule has 0 aromatic heterocycles. The zero-order chi connectivity index (χ0) is 21.4. The van der Waals surface area contributed by atoms with Gasteiger partial charge in [0.1, 0.15) is 13.7 Å². The van der Waals surface area contributed by atoms with E-state index in [4.69, 9.17) is 74.1 Å². The minimum atomic E-state index is -4.95. The second kappa shape index (κ2) is 9.53. The topological polar surface area (TPSA) is 66.8 Å². The fraction of sp³-hybridized carbons (Fsp3) is 1.00. The van der Waals surface area contributed by atoms with Crippen molar-refractivity contribution in [2.45, 2.75) is 52.1 Å². The molecule has 2 N–H and O–H groups in total. The van der Waals surface area contributed by atoms with Crippen LogP contribution in [0.25, 0.3) is 0 Å². The van der Waals surface area contributed by atoms with Gasteiger partial charge in [0.05, 0.1) is 0 Å². The lowest BCUT2D eigenvalue weighted by molar-refractivity contribution is 0.0791. The molecule has 0 bridgehead atoms. The Bertz CT molecular complexity index is 539. The Balaban J connectivity index is 6.09. The Kier molecular flexibility index (Phi) is 10.6. The largest absolute Gasteiger partial charge is 0.469 e. The van der Waals surface area contributed by atoms with Crippen molar-refractivity contribution in [1.29, 1.82) is 0 Å². The van der Waals surface area contributed by atoms with Gasteiger partial charge in [-0.15, -0.1) is 23.2 Å². The number of phosphoric ester groups is 1. The molecule has 1 unspecified atom stereocenters. The number of hydrogen-bond donors (Lipinski definition) is 2. The molecule has 13 heteroatoms. The molecule has 0 aliphatic carbocycles. The normalized spacial score (nSPS) is 16.7. The van der Waals surface area contributed by atoms with Gasteiger partial charge >= 0.3 is 7.82 Å². The van der Waals surface area contributed by atoms with E-state index >= 15 is 0 Å². The molecule has 0 saturated carbocycles. The molecule has 0 spiro atoms. The van der Waals surface area contributed by atoms with Gasteiger partial charge in [0.2, 0.25) is 0 Å². The van der Waals surface area contributed by atoms with Gasteiger partial charge in [-0.1, -0.05) is 106 Å². The lowest BCUT2D eigenvalue weighted by atomic mass is 9.83. The van der Waals surface area contributed by atoms with Gasteiger partial charge in [0, 0.05) is 29.0 Å². The predicted molar refractivity (Wildman–Crippen MR) is 120 cm³/mol. The highest BCUT2D eigenvalue weighted by atomic mass is 79.9. The van der Waals surface area contributed by atoms with E-state index in [1.807, 2.05) is 0 Å². The quantitative estimate of drug-likeness (QED) is 0.195. The van der Waals surface area contributed by atoms with Gasteiger partial charge in [-0.3, -0.25) is 4.52 Å². The van der Waals surface area contributed by atoms with E-state index in [0.717, 1.165) is 0 Å². The second-order valence-electron chi connectivity index (χ2n) is 7.23. The van der Waals surface area contributed by atoms with Gasteiger partial charge in [-0.25, -0.2) is 4.57 Å². The molecule has 0 heterocycles. The standard InChI is InChI=1S/C13H21Br2Cl6O4P/c1-9(2,6-16)12(18,19)8(25-26(22,23)24)5-11(14,15)13(20,21)10(3,4)7-17/h8H,5-7H2,1-4H3,(H2,22,23,24). The molecule has 0 saturated heterocycles. The van der Waals surface area contributed by atoms with Crippen molar-refractivity contribution in [2.24, 2.45) is 10.8 Å². The van der Waals surface area contributed by atoms with Crippen LogP contribution in [0.2, 0.25) is 0 Å². The minimum absolute atomic E-state index is 0.00133. The van der Waals surface area contributed by atoms with Crippen LogP contribution in [-0.4, -0.2) is 39.6 Å². The van der Waals surface area contributed by atoms with Gasteiger partial charge in [-0.05, 0) is 0 Å². The van der Waals surface area contributed by atoms with Crippen LogP contribution in [0, 0.1) is 10.8 Å². The summed E-state index contributed by atoms with van der Waals surface area (Å²) in [5, 5.41) is 0. The summed E-state index contributed by atoms with van der Waals surface area (Å²) >= 11 is 44.7. The summed E-state index contributed by atoms with van der Waals surface area (Å²) in [7, 11) is -4.95. The molecule has 0 rings (SSSR count). The van der Waals surface area contributed by atoms with Crippen LogP contribution in [0.4, 0.5) is 0 Å². The van der Waals surface area contributed by atoms with Crippen LogP contribution in [-0.2, 0) is 9.09 Å². The first kappa shape index (κ1) is 28.8. The van der Waals surface area contributed by atoms with Crippen molar-refractivity contribution in [3.8, 4) is 0 Å². The highest BCUT2D eigenvalue weighted by Gasteiger charge is 2.60. The third kappa shape index (κ3) is 6.65. The lowest BCUT2D eigenvalue weighted by Crippen LogP contribution is -2.54. The summed E-state index contributed by atoms with van der Waals surface area (Å²) in [5.74, 6) is 0.0989. The number of rotatable bonds is 10. The highest BCUT2D eigenvalue weighted by molar-refractivity contribution is 9.25. The first-order valence-corrected chi connectivity index (χ1v) is 12.9. The minimum Gasteiger partial charge on any atom is -0.303 e. The number of hydrogen-bond acceptors (Lipinski definition) is 2. The third-order valence-corrected chi connectivity index (χ3v) is 11.8. The SMILES string of the molecule is CC(C)(CCl)C(Cl)(Cl)C(CC(Br)(Br)C(Cl)(Cl)C(C)(C)CCl)OP(=O)(O)O. The third-order valence-electron chi connectivity index (χ3n) is 3.99. The fourth-order valence-electron chi connectivity index (χ4n) is 1.86. The van der Waals surface area contributed by atoms with E-state index in [1.54, 1.807) is 27.7 Å². The average Bonchev–Trinajstić information content (AvgIpc) is 2.44. The van der Waals surface area contributed by atoms with Gasteiger partial charge in [0.15, 0.2) is 4.33 Å². The molecular weight excluding hydrogens is 624 g/mol. The number of phosphoric acid groups is 1. The Morgan fingerprint density at radius 2 is 1.35 bits per heavy atom. The van der Waals surface area contributed by atoms with Crippen LogP contribution in [0.3, 0.4) is 0 Å². The van der Waals surface area contributed by atoms with Gasteiger partial charge in [0.25, 0.3) is 0 Å². The summed E-state index contributed by atoms with van der Waals surface area (Å²) in [5.41, 5.74) is -1.79. The van der Waals surface area contributed by atoms with E-state index < -0.39 is 36.7 Å². The lowest BCUT2D eigenvalue weighted by Gasteiger charge is -2.48. The second-order valence-corrected chi connectivity index (χ2v) is 15.4. The average molecular weight is 645 g/mol. The van der Waals surface area contributed by atoms with Crippen LogP contribution in [0.1, 0.15) is 34.1 Å². The summed E-state index contributed by atoms with van der Waals surface area (Å²) in [6.07, 6.45) is -1.62. The maximum atomic E-state index is 11.5. The van der Waals surface area contributed by atoms with Crippen LogP contribution in [0.15, 0.2) is 0 Å². The van der Waals surface area contributed by atoms with Crippen LogP contribution >= 0.6 is 109 Å². The Morgan fingerprint density at radius 1 is 0.962 bits per heavy atom.